The molecule has 0 unspecified atom stereocenters. The van der Waals surface area contributed by atoms with Crippen LogP contribution in [0.4, 0.5) is 4.39 Å². The van der Waals surface area contributed by atoms with Crippen molar-refractivity contribution in [3.05, 3.63) is 30.1 Å². The largest absolute Gasteiger partial charge is 0.497 e. The lowest BCUT2D eigenvalue weighted by atomic mass is 10.3. The summed E-state index contributed by atoms with van der Waals surface area (Å²) in [5.74, 6) is 0.282. The number of halogens is 1. The number of ether oxygens (including phenoxy) is 1. The van der Waals surface area contributed by atoms with E-state index in [1.165, 1.54) is 19.2 Å². The second-order valence-corrected chi connectivity index (χ2v) is 1.66. The molecule has 0 aliphatic rings. The Labute approximate surface area is 80.5 Å². The summed E-state index contributed by atoms with van der Waals surface area (Å²) in [6.45, 7) is 8.00. The van der Waals surface area contributed by atoms with Gasteiger partial charge in [0.2, 0.25) is 0 Å². The fraction of sp³-hybridized carbons (Fsp3) is 0.455. The summed E-state index contributed by atoms with van der Waals surface area (Å²) in [5, 5.41) is 0. The molecule has 0 aromatic heterocycles. The van der Waals surface area contributed by atoms with Gasteiger partial charge < -0.3 is 4.74 Å². The summed E-state index contributed by atoms with van der Waals surface area (Å²) >= 11 is 0. The molecule has 0 amide bonds. The molecule has 2 heteroatoms. The second kappa shape index (κ2) is 11.0. The van der Waals surface area contributed by atoms with E-state index in [1.54, 1.807) is 12.1 Å². The third-order valence-corrected chi connectivity index (χ3v) is 1.03. The molecule has 1 aromatic rings. The minimum absolute atomic E-state index is 0.269. The highest BCUT2D eigenvalue weighted by Crippen LogP contribution is 2.09. The Morgan fingerprint density at radius 2 is 1.62 bits per heavy atom. The first-order chi connectivity index (χ1) is 6.33. The Hall–Kier alpha value is -1.05. The molecule has 0 heterocycles. The van der Waals surface area contributed by atoms with E-state index in [0.717, 1.165) is 0 Å². The molecular formula is C11H19FO. The van der Waals surface area contributed by atoms with Gasteiger partial charge in [0.25, 0.3) is 0 Å². The molecule has 0 atom stereocenters. The molecule has 0 aliphatic carbocycles. The van der Waals surface area contributed by atoms with E-state index in [2.05, 4.69) is 0 Å². The van der Waals surface area contributed by atoms with Gasteiger partial charge in [-0.3, -0.25) is 0 Å². The van der Waals surface area contributed by atoms with E-state index >= 15 is 0 Å². The molecule has 1 rings (SSSR count). The quantitative estimate of drug-likeness (QED) is 0.646. The van der Waals surface area contributed by atoms with Gasteiger partial charge in [-0.2, -0.15) is 0 Å². The Morgan fingerprint density at radius 1 is 1.08 bits per heavy atom. The van der Waals surface area contributed by atoms with Crippen molar-refractivity contribution in [2.45, 2.75) is 27.7 Å². The summed E-state index contributed by atoms with van der Waals surface area (Å²) < 4.78 is 17.0. The van der Waals surface area contributed by atoms with E-state index in [9.17, 15) is 4.39 Å². The van der Waals surface area contributed by atoms with Crippen LogP contribution >= 0.6 is 0 Å². The van der Waals surface area contributed by atoms with Crippen LogP contribution in [0.2, 0.25) is 0 Å². The molecule has 0 aliphatic heterocycles. The SMILES string of the molecule is CC.CC.COc1cccc(F)c1. The lowest BCUT2D eigenvalue weighted by Gasteiger charge is -1.95. The molecular weight excluding hydrogens is 167 g/mol. The van der Waals surface area contributed by atoms with Crippen LogP contribution in [0.25, 0.3) is 0 Å². The molecule has 76 valence electrons. The Bertz CT molecular complexity index is 199. The molecule has 0 fully saturated rings. The van der Waals surface area contributed by atoms with Crippen LogP contribution in [0.3, 0.4) is 0 Å². The molecule has 0 N–H and O–H groups in total. The van der Waals surface area contributed by atoms with Crippen LogP contribution in [0.15, 0.2) is 24.3 Å². The minimum atomic E-state index is -0.269. The van der Waals surface area contributed by atoms with Gasteiger partial charge in [-0.05, 0) is 12.1 Å². The average molecular weight is 186 g/mol. The molecule has 1 nitrogen and oxygen atoms in total. The summed E-state index contributed by atoms with van der Waals surface area (Å²) in [6, 6.07) is 6.01. The minimum Gasteiger partial charge on any atom is -0.497 e. The zero-order valence-electron chi connectivity index (χ0n) is 9.10. The zero-order chi connectivity index (χ0) is 10.7. The summed E-state index contributed by atoms with van der Waals surface area (Å²) in [5.41, 5.74) is 0. The van der Waals surface area contributed by atoms with Crippen LogP contribution < -0.4 is 4.74 Å². The van der Waals surface area contributed by atoms with Gasteiger partial charge in [0.1, 0.15) is 11.6 Å². The smallest absolute Gasteiger partial charge is 0.126 e. The molecule has 0 bridgehead atoms. The van der Waals surface area contributed by atoms with Gasteiger partial charge in [0, 0.05) is 6.07 Å². The van der Waals surface area contributed by atoms with Crippen molar-refractivity contribution in [3.63, 3.8) is 0 Å². The van der Waals surface area contributed by atoms with Gasteiger partial charge in [0.05, 0.1) is 7.11 Å². The molecule has 0 saturated carbocycles. The first-order valence-electron chi connectivity index (χ1n) is 4.62. The van der Waals surface area contributed by atoms with Crippen molar-refractivity contribution in [3.8, 4) is 5.75 Å². The molecule has 13 heavy (non-hydrogen) atoms. The predicted molar refractivity (Wildman–Crippen MR) is 55.6 cm³/mol. The third-order valence-electron chi connectivity index (χ3n) is 1.03. The van der Waals surface area contributed by atoms with Crippen LogP contribution in [0.1, 0.15) is 27.7 Å². The monoisotopic (exact) mass is 186 g/mol. The highest BCUT2D eigenvalue weighted by Gasteiger charge is 1.90. The number of hydrogen-bond donors (Lipinski definition) is 0. The van der Waals surface area contributed by atoms with Crippen molar-refractivity contribution >= 4 is 0 Å². The van der Waals surface area contributed by atoms with Gasteiger partial charge in [-0.1, -0.05) is 33.8 Å². The van der Waals surface area contributed by atoms with Crippen LogP contribution in [0.5, 0.6) is 5.75 Å². The fourth-order valence-electron chi connectivity index (χ4n) is 0.594. The average Bonchev–Trinajstić information content (AvgIpc) is 2.24. The fourth-order valence-corrected chi connectivity index (χ4v) is 0.594. The first-order valence-corrected chi connectivity index (χ1v) is 4.62. The number of benzene rings is 1. The maximum atomic E-state index is 12.3. The van der Waals surface area contributed by atoms with Crippen LogP contribution in [-0.4, -0.2) is 7.11 Å². The summed E-state index contributed by atoms with van der Waals surface area (Å²) in [6.07, 6.45) is 0. The van der Waals surface area contributed by atoms with E-state index < -0.39 is 0 Å². The van der Waals surface area contributed by atoms with E-state index in [0.29, 0.717) is 5.75 Å². The van der Waals surface area contributed by atoms with Gasteiger partial charge in [0.15, 0.2) is 0 Å². The standard InChI is InChI=1S/C7H7FO.2C2H6/c1-9-7-4-2-3-6(8)5-7;2*1-2/h2-5H,1H3;2*1-2H3. The zero-order valence-corrected chi connectivity index (χ0v) is 9.10. The van der Waals surface area contributed by atoms with Crippen molar-refractivity contribution in [2.24, 2.45) is 0 Å². The highest BCUT2D eigenvalue weighted by molar-refractivity contribution is 5.21. The van der Waals surface area contributed by atoms with Crippen LogP contribution in [-0.2, 0) is 0 Å². The third kappa shape index (κ3) is 7.32. The Balaban J connectivity index is 0. The van der Waals surface area contributed by atoms with Crippen molar-refractivity contribution in [1.82, 2.24) is 0 Å². The predicted octanol–water partition coefficient (Wildman–Crippen LogP) is 3.89. The molecule has 0 spiro atoms. The van der Waals surface area contributed by atoms with Gasteiger partial charge in [-0.25, -0.2) is 4.39 Å². The molecule has 0 radical (unpaired) electrons. The van der Waals surface area contributed by atoms with Crippen molar-refractivity contribution < 1.29 is 9.13 Å². The van der Waals surface area contributed by atoms with Gasteiger partial charge >= 0.3 is 0 Å². The van der Waals surface area contributed by atoms with E-state index in [-0.39, 0.29) is 5.82 Å². The van der Waals surface area contributed by atoms with Gasteiger partial charge in [-0.15, -0.1) is 0 Å². The Morgan fingerprint density at radius 3 is 1.92 bits per heavy atom. The topological polar surface area (TPSA) is 9.23 Å². The second-order valence-electron chi connectivity index (χ2n) is 1.66. The molecule has 0 saturated heterocycles. The Kier molecular flexibility index (Phi) is 12.2. The number of rotatable bonds is 1. The maximum absolute atomic E-state index is 12.3. The number of methoxy groups -OCH3 is 1. The summed E-state index contributed by atoms with van der Waals surface area (Å²) in [7, 11) is 1.51. The maximum Gasteiger partial charge on any atom is 0.126 e. The molecule has 1 aromatic carbocycles. The van der Waals surface area contributed by atoms with Crippen LogP contribution in [0, 0.1) is 5.82 Å². The normalized spacial score (nSPS) is 7.23. The first kappa shape index (κ1) is 14.5. The highest BCUT2D eigenvalue weighted by atomic mass is 19.1. The number of hydrogen-bond acceptors (Lipinski definition) is 1. The van der Waals surface area contributed by atoms with E-state index in [4.69, 9.17) is 4.74 Å². The lowest BCUT2D eigenvalue weighted by Crippen LogP contribution is -1.81. The lowest BCUT2D eigenvalue weighted by molar-refractivity contribution is 0.411. The van der Waals surface area contributed by atoms with Crippen molar-refractivity contribution in [1.29, 1.82) is 0 Å². The van der Waals surface area contributed by atoms with Crippen molar-refractivity contribution in [2.75, 3.05) is 7.11 Å². The summed E-state index contributed by atoms with van der Waals surface area (Å²) in [4.78, 5) is 0. The van der Waals surface area contributed by atoms with E-state index in [1.807, 2.05) is 27.7 Å².